The van der Waals surface area contributed by atoms with E-state index in [-0.39, 0.29) is 11.8 Å². The zero-order chi connectivity index (χ0) is 25.1. The largest absolute Gasteiger partial charge is 0.459 e. The smallest absolute Gasteiger partial charge is 0.434 e. The van der Waals surface area contributed by atoms with Crippen LogP contribution in [0.3, 0.4) is 0 Å². The van der Waals surface area contributed by atoms with E-state index in [1.807, 2.05) is 41.5 Å². The lowest BCUT2D eigenvalue weighted by molar-refractivity contribution is -0.314. The Hall–Kier alpha value is -1.48. The summed E-state index contributed by atoms with van der Waals surface area (Å²) < 4.78 is 85.1. The molecule has 31 heavy (non-hydrogen) atoms. The molecule has 0 aromatic carbocycles. The highest BCUT2D eigenvalue weighted by molar-refractivity contribution is 5.76. The van der Waals surface area contributed by atoms with Gasteiger partial charge in [0.1, 0.15) is 5.60 Å². The molecule has 0 aliphatic carbocycles. The number of carbonyl (C=O) groups excluding carboxylic acids is 2. The molecule has 0 aliphatic heterocycles. The number of ether oxygens (including phenoxy) is 2. The minimum atomic E-state index is -5.81. The first kappa shape index (κ1) is 29.5. The van der Waals surface area contributed by atoms with Gasteiger partial charge >= 0.3 is 24.3 Å². The zero-order valence-corrected chi connectivity index (χ0v) is 19.4. The molecule has 0 aromatic rings. The van der Waals surface area contributed by atoms with Crippen LogP contribution in [0.15, 0.2) is 0 Å². The van der Waals surface area contributed by atoms with E-state index in [1.54, 1.807) is 0 Å². The van der Waals surface area contributed by atoms with Crippen molar-refractivity contribution in [3.05, 3.63) is 0 Å². The van der Waals surface area contributed by atoms with Crippen LogP contribution >= 0.6 is 0 Å². The molecule has 0 bridgehead atoms. The van der Waals surface area contributed by atoms with Crippen molar-refractivity contribution < 1.29 is 45.4 Å². The Labute approximate surface area is 180 Å². The number of rotatable bonds is 9. The summed E-state index contributed by atoms with van der Waals surface area (Å²) in [7, 11) is 0. The molecule has 0 rings (SSSR count). The summed E-state index contributed by atoms with van der Waals surface area (Å²) in [5.41, 5.74) is -2.34. The molecule has 0 aliphatic rings. The van der Waals surface area contributed by atoms with Crippen LogP contribution in [0.5, 0.6) is 0 Å². The molecular formula is C21H34F6O4. The third-order valence-corrected chi connectivity index (χ3v) is 5.50. The second-order valence-electron chi connectivity index (χ2n) is 9.99. The number of hydrogen-bond donors (Lipinski definition) is 0. The maximum absolute atomic E-state index is 12.9. The first-order valence-corrected chi connectivity index (χ1v) is 10.1. The van der Waals surface area contributed by atoms with Gasteiger partial charge in [-0.05, 0) is 30.6 Å². The van der Waals surface area contributed by atoms with Gasteiger partial charge in [-0.25, -0.2) is 0 Å². The molecule has 0 heterocycles. The number of esters is 2. The fraction of sp³-hybridized carbons (Fsp3) is 0.905. The minimum absolute atomic E-state index is 0.00935. The topological polar surface area (TPSA) is 52.6 Å². The van der Waals surface area contributed by atoms with Gasteiger partial charge in [0.25, 0.3) is 6.10 Å². The summed E-state index contributed by atoms with van der Waals surface area (Å²) in [5, 5.41) is 0. The molecule has 0 radical (unpaired) electrons. The zero-order valence-electron chi connectivity index (χ0n) is 19.4. The average Bonchev–Trinajstić information content (AvgIpc) is 2.54. The molecule has 4 nitrogen and oxygen atoms in total. The van der Waals surface area contributed by atoms with Crippen molar-refractivity contribution in [1.82, 2.24) is 0 Å². The molecule has 0 aromatic heterocycles. The van der Waals surface area contributed by atoms with Gasteiger partial charge in [0.05, 0.1) is 12.3 Å². The Bertz CT molecular complexity index is 605. The van der Waals surface area contributed by atoms with Gasteiger partial charge in [0.2, 0.25) is 0 Å². The van der Waals surface area contributed by atoms with Gasteiger partial charge in [0.15, 0.2) is 0 Å². The van der Waals surface area contributed by atoms with Gasteiger partial charge in [0, 0.05) is 0 Å². The van der Waals surface area contributed by atoms with Crippen molar-refractivity contribution in [2.24, 2.45) is 16.7 Å². The predicted molar refractivity (Wildman–Crippen MR) is 103 cm³/mol. The molecule has 2 unspecified atom stereocenters. The fourth-order valence-corrected chi connectivity index (χ4v) is 2.78. The summed E-state index contributed by atoms with van der Waals surface area (Å²) >= 11 is 0. The first-order chi connectivity index (χ1) is 13.6. The summed E-state index contributed by atoms with van der Waals surface area (Å²) in [5.74, 6) is -3.00. The van der Waals surface area contributed by atoms with E-state index in [2.05, 4.69) is 4.74 Å². The van der Waals surface area contributed by atoms with Crippen LogP contribution in [0.1, 0.15) is 81.1 Å². The van der Waals surface area contributed by atoms with Crippen molar-refractivity contribution >= 4 is 11.9 Å². The molecule has 0 saturated carbocycles. The number of alkyl halides is 6. The molecule has 184 valence electrons. The van der Waals surface area contributed by atoms with Crippen LogP contribution in [-0.4, -0.2) is 36.0 Å². The van der Waals surface area contributed by atoms with Crippen LogP contribution in [0.4, 0.5) is 26.3 Å². The van der Waals surface area contributed by atoms with E-state index in [0.717, 1.165) is 6.42 Å². The average molecular weight is 464 g/mol. The highest BCUT2D eigenvalue weighted by Gasteiger charge is 2.60. The van der Waals surface area contributed by atoms with E-state index in [9.17, 15) is 35.9 Å². The van der Waals surface area contributed by atoms with Crippen molar-refractivity contribution in [3.8, 4) is 0 Å². The third-order valence-electron chi connectivity index (χ3n) is 5.50. The van der Waals surface area contributed by atoms with E-state index in [0.29, 0.717) is 6.42 Å². The maximum Gasteiger partial charge on any atom is 0.434 e. The lowest BCUT2D eigenvalue weighted by atomic mass is 9.70. The summed E-state index contributed by atoms with van der Waals surface area (Å²) in [4.78, 5) is 24.9. The van der Waals surface area contributed by atoms with Crippen LogP contribution in [0.2, 0.25) is 0 Å². The quantitative estimate of drug-likeness (QED) is 0.284. The molecule has 10 heteroatoms. The summed E-state index contributed by atoms with van der Waals surface area (Å²) in [6.45, 7) is 14.2. The highest BCUT2D eigenvalue weighted by Crippen LogP contribution is 2.40. The molecular weight excluding hydrogens is 430 g/mol. The van der Waals surface area contributed by atoms with Crippen LogP contribution in [0, 0.1) is 16.7 Å². The Morgan fingerprint density at radius 2 is 1.26 bits per heavy atom. The van der Waals surface area contributed by atoms with Gasteiger partial charge in [-0.2, -0.15) is 26.3 Å². The summed E-state index contributed by atoms with van der Waals surface area (Å²) in [6, 6.07) is 0. The number of hydrogen-bond acceptors (Lipinski definition) is 4. The third kappa shape index (κ3) is 9.68. The second-order valence-corrected chi connectivity index (χ2v) is 9.99. The molecule has 0 fully saturated rings. The number of halogens is 6. The van der Waals surface area contributed by atoms with Gasteiger partial charge in [-0.3, -0.25) is 9.59 Å². The van der Waals surface area contributed by atoms with Crippen molar-refractivity contribution in [2.45, 2.75) is 105 Å². The van der Waals surface area contributed by atoms with E-state index < -0.39 is 53.7 Å². The Balaban J connectivity index is 5.55. The monoisotopic (exact) mass is 464 g/mol. The fourth-order valence-electron chi connectivity index (χ4n) is 2.78. The normalized spacial score (nSPS) is 16.6. The van der Waals surface area contributed by atoms with E-state index in [4.69, 9.17) is 4.74 Å². The Kier molecular flexibility index (Phi) is 9.50. The first-order valence-electron chi connectivity index (χ1n) is 10.1. The lowest BCUT2D eigenvalue weighted by Crippen LogP contribution is -2.47. The maximum atomic E-state index is 12.9. The van der Waals surface area contributed by atoms with E-state index in [1.165, 1.54) is 13.8 Å². The standard InChI is InChI=1S/C21H34F6O4/c1-9-18(6,7)11-13(17(3,4)5)15(29)31-19(8,10-2)12-14(28)30-16(20(22,23)24)21(25,26)27/h13,16H,9-12H2,1-8H3. The van der Waals surface area contributed by atoms with Crippen molar-refractivity contribution in [2.75, 3.05) is 0 Å². The van der Waals surface area contributed by atoms with Crippen LogP contribution in [0.25, 0.3) is 0 Å². The molecule has 0 spiro atoms. The Morgan fingerprint density at radius 1 is 0.806 bits per heavy atom. The van der Waals surface area contributed by atoms with Crippen molar-refractivity contribution in [1.29, 1.82) is 0 Å². The second kappa shape index (κ2) is 9.98. The molecule has 0 N–H and O–H groups in total. The highest BCUT2D eigenvalue weighted by atomic mass is 19.4. The van der Waals surface area contributed by atoms with E-state index >= 15 is 0 Å². The summed E-state index contributed by atoms with van der Waals surface area (Å²) in [6.07, 6.45) is -15.6. The van der Waals surface area contributed by atoms with Crippen LogP contribution in [-0.2, 0) is 19.1 Å². The molecule has 0 saturated heterocycles. The van der Waals surface area contributed by atoms with Crippen molar-refractivity contribution in [3.63, 3.8) is 0 Å². The molecule has 2 atom stereocenters. The van der Waals surface area contributed by atoms with Gasteiger partial charge < -0.3 is 9.47 Å². The Morgan fingerprint density at radius 3 is 1.58 bits per heavy atom. The lowest BCUT2D eigenvalue weighted by Gasteiger charge is -2.38. The van der Waals surface area contributed by atoms with Gasteiger partial charge in [-0.1, -0.05) is 54.9 Å². The van der Waals surface area contributed by atoms with Gasteiger partial charge in [-0.15, -0.1) is 0 Å². The predicted octanol–water partition coefficient (Wildman–Crippen LogP) is 6.61. The van der Waals surface area contributed by atoms with Crippen LogP contribution < -0.4 is 0 Å². The minimum Gasteiger partial charge on any atom is -0.459 e. The molecule has 0 amide bonds. The number of carbonyl (C=O) groups is 2. The SMILES string of the molecule is CCC(C)(C)CC(C(=O)OC(C)(CC)CC(=O)OC(C(F)(F)F)C(F)(F)F)C(C)(C)C.